The first-order valence-corrected chi connectivity index (χ1v) is 2.94. The van der Waals surface area contributed by atoms with E-state index in [1.807, 2.05) is 19.1 Å². The molecular weight excluding hydrogens is 124 g/mol. The molecule has 0 aliphatic carbocycles. The van der Waals surface area contributed by atoms with Gasteiger partial charge in [-0.05, 0) is 24.9 Å². The molecule has 2 heteroatoms. The van der Waals surface area contributed by atoms with Gasteiger partial charge < -0.3 is 0 Å². The van der Waals surface area contributed by atoms with Gasteiger partial charge in [-0.1, -0.05) is 12.2 Å². The SMILES string of the molecule is CC=CCCC(=O)Cl. The molecule has 0 fully saturated rings. The van der Waals surface area contributed by atoms with Crippen molar-refractivity contribution in [3.8, 4) is 0 Å². The van der Waals surface area contributed by atoms with Gasteiger partial charge in [-0.15, -0.1) is 0 Å². The summed E-state index contributed by atoms with van der Waals surface area (Å²) in [5.74, 6) is 0. The van der Waals surface area contributed by atoms with Gasteiger partial charge in [0.25, 0.3) is 0 Å². The summed E-state index contributed by atoms with van der Waals surface area (Å²) in [4.78, 5) is 10.1. The molecule has 0 unspecified atom stereocenters. The fourth-order valence-electron chi connectivity index (χ4n) is 0.363. The Balaban J connectivity index is 3.05. The molecule has 8 heavy (non-hydrogen) atoms. The van der Waals surface area contributed by atoms with Crippen LogP contribution in [0.15, 0.2) is 12.2 Å². The van der Waals surface area contributed by atoms with Crippen LogP contribution in [0.1, 0.15) is 19.8 Å². The first kappa shape index (κ1) is 7.70. The smallest absolute Gasteiger partial charge is 0.221 e. The van der Waals surface area contributed by atoms with Crippen molar-refractivity contribution in [3.63, 3.8) is 0 Å². The van der Waals surface area contributed by atoms with Gasteiger partial charge in [0.15, 0.2) is 0 Å². The van der Waals surface area contributed by atoms with E-state index in [4.69, 9.17) is 11.6 Å². The molecule has 0 atom stereocenters. The van der Waals surface area contributed by atoms with Crippen LogP contribution >= 0.6 is 11.6 Å². The fourth-order valence-corrected chi connectivity index (χ4v) is 0.473. The van der Waals surface area contributed by atoms with E-state index in [1.165, 1.54) is 0 Å². The molecule has 0 N–H and O–H groups in total. The zero-order valence-electron chi connectivity index (χ0n) is 4.86. The van der Waals surface area contributed by atoms with Crippen LogP contribution < -0.4 is 0 Å². The summed E-state index contributed by atoms with van der Waals surface area (Å²) in [6.45, 7) is 1.92. The Hall–Kier alpha value is -0.300. The lowest BCUT2D eigenvalue weighted by molar-refractivity contribution is -0.111. The Labute approximate surface area is 54.3 Å². The minimum Gasteiger partial charge on any atom is -0.281 e. The lowest BCUT2D eigenvalue weighted by atomic mass is 10.3. The summed E-state index contributed by atoms with van der Waals surface area (Å²) in [7, 11) is 0. The number of allylic oxidation sites excluding steroid dienone is 2. The normalized spacial score (nSPS) is 10.2. The van der Waals surface area contributed by atoms with Gasteiger partial charge in [0.2, 0.25) is 5.24 Å². The van der Waals surface area contributed by atoms with Crippen molar-refractivity contribution >= 4 is 16.8 Å². The maximum atomic E-state index is 10.1. The van der Waals surface area contributed by atoms with Crippen molar-refractivity contribution in [3.05, 3.63) is 12.2 Å². The molecule has 0 aliphatic rings. The third kappa shape index (κ3) is 5.70. The minimum absolute atomic E-state index is 0.261. The maximum Gasteiger partial charge on any atom is 0.221 e. The fraction of sp³-hybridized carbons (Fsp3) is 0.500. The van der Waals surface area contributed by atoms with Crippen LogP contribution in [-0.2, 0) is 4.79 Å². The first-order valence-electron chi connectivity index (χ1n) is 2.57. The Morgan fingerprint density at radius 1 is 1.75 bits per heavy atom. The van der Waals surface area contributed by atoms with E-state index in [1.54, 1.807) is 0 Å². The molecule has 0 saturated carbocycles. The highest BCUT2D eigenvalue weighted by molar-refractivity contribution is 6.63. The van der Waals surface area contributed by atoms with Crippen LogP contribution in [0.3, 0.4) is 0 Å². The maximum absolute atomic E-state index is 10.1. The van der Waals surface area contributed by atoms with E-state index in [2.05, 4.69) is 0 Å². The molecule has 1 nitrogen and oxygen atoms in total. The first-order chi connectivity index (χ1) is 3.77. The lowest BCUT2D eigenvalue weighted by Gasteiger charge is -1.82. The summed E-state index contributed by atoms with van der Waals surface area (Å²) in [6.07, 6.45) is 5.03. The van der Waals surface area contributed by atoms with E-state index >= 15 is 0 Å². The van der Waals surface area contributed by atoms with E-state index < -0.39 is 0 Å². The third-order valence-corrected chi connectivity index (χ3v) is 0.932. The lowest BCUT2D eigenvalue weighted by Crippen LogP contribution is -1.81. The molecule has 0 aromatic heterocycles. The molecule has 0 saturated heterocycles. The van der Waals surface area contributed by atoms with Crippen LogP contribution in [0.5, 0.6) is 0 Å². The average Bonchev–Trinajstić information content (AvgIpc) is 1.66. The molecule has 46 valence electrons. The molecule has 0 spiro atoms. The van der Waals surface area contributed by atoms with Gasteiger partial charge in [-0.2, -0.15) is 0 Å². The quantitative estimate of drug-likeness (QED) is 0.425. The number of hydrogen-bond acceptors (Lipinski definition) is 1. The molecule has 0 rings (SSSR count). The summed E-state index contributed by atoms with van der Waals surface area (Å²) >= 11 is 5.04. The Bertz CT molecular complexity index is 96.7. The zero-order valence-corrected chi connectivity index (χ0v) is 5.61. The van der Waals surface area contributed by atoms with Crippen LogP contribution in [0.4, 0.5) is 0 Å². The van der Waals surface area contributed by atoms with Gasteiger partial charge in [0, 0.05) is 6.42 Å². The van der Waals surface area contributed by atoms with E-state index in [9.17, 15) is 4.79 Å². The molecule has 0 heterocycles. The highest BCUT2D eigenvalue weighted by Crippen LogP contribution is 1.94. The minimum atomic E-state index is -0.261. The number of halogens is 1. The number of carbonyl (C=O) groups excluding carboxylic acids is 1. The summed E-state index contributed by atoms with van der Waals surface area (Å²) < 4.78 is 0. The van der Waals surface area contributed by atoms with Crippen molar-refractivity contribution in [1.82, 2.24) is 0 Å². The molecule has 0 amide bonds. The van der Waals surface area contributed by atoms with Crippen molar-refractivity contribution in [2.24, 2.45) is 0 Å². The number of rotatable bonds is 3. The summed E-state index contributed by atoms with van der Waals surface area (Å²) in [5, 5.41) is -0.261. The Morgan fingerprint density at radius 2 is 2.38 bits per heavy atom. The highest BCUT2D eigenvalue weighted by atomic mass is 35.5. The van der Waals surface area contributed by atoms with Crippen LogP contribution in [0.25, 0.3) is 0 Å². The topological polar surface area (TPSA) is 17.1 Å². The van der Waals surface area contributed by atoms with Crippen molar-refractivity contribution < 1.29 is 4.79 Å². The second-order valence-electron chi connectivity index (χ2n) is 1.46. The molecule has 0 radical (unpaired) electrons. The van der Waals surface area contributed by atoms with Crippen molar-refractivity contribution in [2.75, 3.05) is 0 Å². The standard InChI is InChI=1S/C6H9ClO/c1-2-3-4-5-6(7)8/h2-3H,4-5H2,1H3. The van der Waals surface area contributed by atoms with E-state index in [0.717, 1.165) is 6.42 Å². The monoisotopic (exact) mass is 132 g/mol. The van der Waals surface area contributed by atoms with E-state index in [-0.39, 0.29) is 5.24 Å². The molecular formula is C6H9ClO. The van der Waals surface area contributed by atoms with Gasteiger partial charge in [-0.25, -0.2) is 0 Å². The van der Waals surface area contributed by atoms with Crippen LogP contribution in [-0.4, -0.2) is 5.24 Å². The molecule has 0 aromatic rings. The average molecular weight is 133 g/mol. The highest BCUT2D eigenvalue weighted by Gasteiger charge is 1.89. The largest absolute Gasteiger partial charge is 0.281 e. The Morgan fingerprint density at radius 3 is 2.75 bits per heavy atom. The number of carbonyl (C=O) groups is 1. The third-order valence-electron chi connectivity index (χ3n) is 0.743. The van der Waals surface area contributed by atoms with Gasteiger partial charge in [-0.3, -0.25) is 4.79 Å². The predicted octanol–water partition coefficient (Wildman–Crippen LogP) is 2.11. The van der Waals surface area contributed by atoms with Gasteiger partial charge in [0.05, 0.1) is 0 Å². The number of hydrogen-bond donors (Lipinski definition) is 0. The predicted molar refractivity (Wildman–Crippen MR) is 34.9 cm³/mol. The Kier molecular flexibility index (Phi) is 4.67. The van der Waals surface area contributed by atoms with Crippen LogP contribution in [0.2, 0.25) is 0 Å². The molecule has 0 aliphatic heterocycles. The van der Waals surface area contributed by atoms with Gasteiger partial charge >= 0.3 is 0 Å². The van der Waals surface area contributed by atoms with Crippen LogP contribution in [0, 0.1) is 0 Å². The molecule has 0 aromatic carbocycles. The van der Waals surface area contributed by atoms with E-state index in [0.29, 0.717) is 6.42 Å². The second kappa shape index (κ2) is 4.85. The van der Waals surface area contributed by atoms with Crippen molar-refractivity contribution in [2.45, 2.75) is 19.8 Å². The summed E-state index contributed by atoms with van der Waals surface area (Å²) in [5.41, 5.74) is 0. The zero-order chi connectivity index (χ0) is 6.41. The van der Waals surface area contributed by atoms with Crippen molar-refractivity contribution in [1.29, 1.82) is 0 Å². The summed E-state index contributed by atoms with van der Waals surface area (Å²) in [6, 6.07) is 0. The molecule has 0 bridgehead atoms. The second-order valence-corrected chi connectivity index (χ2v) is 1.88. The van der Waals surface area contributed by atoms with Gasteiger partial charge in [0.1, 0.15) is 0 Å².